The van der Waals surface area contributed by atoms with E-state index in [4.69, 9.17) is 9.47 Å². The second kappa shape index (κ2) is 15.5. The molecule has 6 rings (SSSR count). The molecule has 2 unspecified atom stereocenters. The number of hydrogen-bond acceptors (Lipinski definition) is 5. The van der Waals surface area contributed by atoms with Crippen molar-refractivity contribution in [2.75, 3.05) is 24.7 Å². The van der Waals surface area contributed by atoms with Crippen molar-refractivity contribution in [1.29, 1.82) is 0 Å². The fourth-order valence-corrected chi connectivity index (χ4v) is 13.2. The molecule has 0 spiro atoms. The fraction of sp³-hybridized carbons (Fsp3) is 0.783. The molecule has 0 N–H and O–H groups in total. The molecule has 0 aromatic rings. The second-order valence-electron chi connectivity index (χ2n) is 19.4. The van der Waals surface area contributed by atoms with Gasteiger partial charge in [-0.3, -0.25) is 9.59 Å². The van der Waals surface area contributed by atoms with Crippen molar-refractivity contribution in [2.24, 2.45) is 57.2 Å². The standard InChI is InChI=1S/C46H70O4S/c1-31(2)33-11-15-37-35(27-33)13-17-39-43(5,21-9-23-45(37,39)7)29-49-41(47)19-25-51-26-20-42(48)50-30-44(6)22-10-24-46(8)38-16-12-34(32(3)4)28-36(38)14-18-40(44)46/h13-14,27-28,31-32,37-40H,9-12,15-26,29-30H2,1-8H3/t37-,38-,39?,40?,43-,44-,45-,46-/m1/s1. The normalized spacial score (nSPS) is 37.5. The Bertz CT molecular complexity index is 1330. The van der Waals surface area contributed by atoms with Crippen LogP contribution in [-0.4, -0.2) is 36.7 Å². The first-order valence-corrected chi connectivity index (χ1v) is 22.0. The quantitative estimate of drug-likeness (QED) is 0.149. The van der Waals surface area contributed by atoms with Crippen LogP contribution in [0.25, 0.3) is 0 Å². The summed E-state index contributed by atoms with van der Waals surface area (Å²) in [5.41, 5.74) is 6.98. The van der Waals surface area contributed by atoms with Gasteiger partial charge in [-0.1, -0.05) is 104 Å². The average Bonchev–Trinajstić information content (AvgIpc) is 3.09. The molecular formula is C46H70O4S. The van der Waals surface area contributed by atoms with Gasteiger partial charge in [-0.2, -0.15) is 11.8 Å². The Morgan fingerprint density at radius 3 is 1.49 bits per heavy atom. The van der Waals surface area contributed by atoms with Crippen LogP contribution in [0.5, 0.6) is 0 Å². The van der Waals surface area contributed by atoms with Gasteiger partial charge in [0, 0.05) is 22.3 Å². The number of esters is 2. The Morgan fingerprint density at radius 2 is 1.10 bits per heavy atom. The SMILES string of the molecule is CC(C)C1=CC2=CCC3[C@@](C)(COC(=O)CCSCCC(=O)OC[C@@]4(C)CCC[C@@]5(C)C4CC=C4C=C(C(C)C)CC[C@H]45)CCC[C@]3(C)[C@@H]2CC1. The summed E-state index contributed by atoms with van der Waals surface area (Å²) in [4.78, 5) is 25.9. The molecule has 51 heavy (non-hydrogen) atoms. The van der Waals surface area contributed by atoms with Gasteiger partial charge in [0.05, 0.1) is 26.1 Å². The lowest BCUT2D eigenvalue weighted by Crippen LogP contribution is -2.51. The molecular weight excluding hydrogens is 649 g/mol. The van der Waals surface area contributed by atoms with Crippen LogP contribution in [0.1, 0.15) is 145 Å². The lowest BCUT2D eigenvalue weighted by atomic mass is 9.47. The maximum Gasteiger partial charge on any atom is 0.306 e. The van der Waals surface area contributed by atoms with Crippen molar-refractivity contribution in [2.45, 2.75) is 145 Å². The number of carbonyl (C=O) groups excluding carboxylic acids is 2. The highest BCUT2D eigenvalue weighted by molar-refractivity contribution is 7.99. The monoisotopic (exact) mass is 718 g/mol. The molecule has 0 radical (unpaired) electrons. The van der Waals surface area contributed by atoms with Gasteiger partial charge in [0.1, 0.15) is 0 Å². The van der Waals surface area contributed by atoms with Crippen LogP contribution < -0.4 is 0 Å². The van der Waals surface area contributed by atoms with Crippen LogP contribution in [-0.2, 0) is 19.1 Å². The molecule has 6 aliphatic rings. The first kappa shape index (κ1) is 39.0. The predicted molar refractivity (Wildman–Crippen MR) is 212 cm³/mol. The fourth-order valence-electron chi connectivity index (χ4n) is 12.3. The van der Waals surface area contributed by atoms with Crippen molar-refractivity contribution in [3.8, 4) is 0 Å². The Kier molecular flexibility index (Phi) is 11.9. The molecule has 0 heterocycles. The molecule has 6 aliphatic carbocycles. The topological polar surface area (TPSA) is 52.6 Å². The molecule has 2 fully saturated rings. The van der Waals surface area contributed by atoms with Gasteiger partial charge < -0.3 is 9.47 Å². The molecule has 0 aliphatic heterocycles. The zero-order valence-corrected chi connectivity index (χ0v) is 34.4. The summed E-state index contributed by atoms with van der Waals surface area (Å²) < 4.78 is 12.0. The third-order valence-corrected chi connectivity index (χ3v) is 16.4. The van der Waals surface area contributed by atoms with Crippen LogP contribution in [0.4, 0.5) is 0 Å². The molecule has 4 nitrogen and oxygen atoms in total. The predicted octanol–water partition coefficient (Wildman–Crippen LogP) is 11.9. The van der Waals surface area contributed by atoms with Gasteiger partial charge in [0.25, 0.3) is 0 Å². The van der Waals surface area contributed by atoms with E-state index in [1.807, 2.05) is 0 Å². The number of hydrogen-bond donors (Lipinski definition) is 0. The number of allylic oxidation sites excluding steroid dienone is 8. The van der Waals surface area contributed by atoms with Gasteiger partial charge in [-0.05, 0) is 122 Å². The maximum atomic E-state index is 12.9. The molecule has 0 aromatic carbocycles. The van der Waals surface area contributed by atoms with E-state index in [-0.39, 0.29) is 33.6 Å². The van der Waals surface area contributed by atoms with E-state index >= 15 is 0 Å². The Hall–Kier alpha value is -1.75. The lowest BCUT2D eigenvalue weighted by molar-refractivity contribution is -0.154. The summed E-state index contributed by atoms with van der Waals surface area (Å²) in [6.07, 6.45) is 25.3. The van der Waals surface area contributed by atoms with Crippen molar-refractivity contribution in [3.05, 3.63) is 46.6 Å². The summed E-state index contributed by atoms with van der Waals surface area (Å²) >= 11 is 1.67. The van der Waals surface area contributed by atoms with Gasteiger partial charge in [0.15, 0.2) is 0 Å². The minimum Gasteiger partial charge on any atom is -0.465 e. The second-order valence-corrected chi connectivity index (χ2v) is 20.6. The third kappa shape index (κ3) is 7.91. The average molecular weight is 719 g/mol. The summed E-state index contributed by atoms with van der Waals surface area (Å²) in [5, 5.41) is 0. The van der Waals surface area contributed by atoms with Gasteiger partial charge >= 0.3 is 11.9 Å². The zero-order valence-electron chi connectivity index (χ0n) is 33.5. The Balaban J connectivity index is 0.921. The highest BCUT2D eigenvalue weighted by Gasteiger charge is 2.56. The zero-order chi connectivity index (χ0) is 36.6. The molecule has 8 atom stereocenters. The van der Waals surface area contributed by atoms with Crippen molar-refractivity contribution in [1.82, 2.24) is 0 Å². The van der Waals surface area contributed by atoms with Crippen LogP contribution in [0, 0.1) is 57.2 Å². The summed E-state index contributed by atoms with van der Waals surface area (Å²) in [7, 11) is 0. The van der Waals surface area contributed by atoms with Gasteiger partial charge in [0.2, 0.25) is 0 Å². The van der Waals surface area contributed by atoms with Crippen LogP contribution in [0.15, 0.2) is 46.6 Å². The van der Waals surface area contributed by atoms with Gasteiger partial charge in [-0.25, -0.2) is 0 Å². The number of fused-ring (bicyclic) bond motifs is 6. The molecule has 2 saturated carbocycles. The highest BCUT2D eigenvalue weighted by Crippen LogP contribution is 2.63. The number of carbonyl (C=O) groups is 2. The molecule has 0 amide bonds. The van der Waals surface area contributed by atoms with E-state index in [0.29, 0.717) is 73.1 Å². The smallest absolute Gasteiger partial charge is 0.306 e. The van der Waals surface area contributed by atoms with Crippen LogP contribution in [0.2, 0.25) is 0 Å². The van der Waals surface area contributed by atoms with E-state index in [1.54, 1.807) is 34.1 Å². The summed E-state index contributed by atoms with van der Waals surface area (Å²) in [6, 6.07) is 0. The van der Waals surface area contributed by atoms with Crippen molar-refractivity contribution >= 4 is 23.7 Å². The van der Waals surface area contributed by atoms with E-state index in [1.165, 1.54) is 51.4 Å². The lowest BCUT2D eigenvalue weighted by Gasteiger charge is -2.58. The minimum atomic E-state index is -0.0976. The van der Waals surface area contributed by atoms with Crippen molar-refractivity contribution in [3.63, 3.8) is 0 Å². The van der Waals surface area contributed by atoms with E-state index in [0.717, 1.165) is 25.7 Å². The molecule has 5 heteroatoms. The highest BCUT2D eigenvalue weighted by atomic mass is 32.2. The van der Waals surface area contributed by atoms with E-state index in [2.05, 4.69) is 79.7 Å². The first-order chi connectivity index (χ1) is 24.2. The first-order valence-electron chi connectivity index (χ1n) is 20.9. The largest absolute Gasteiger partial charge is 0.465 e. The Labute approximate surface area is 315 Å². The third-order valence-electron chi connectivity index (χ3n) is 15.4. The maximum absolute atomic E-state index is 12.9. The van der Waals surface area contributed by atoms with Crippen LogP contribution in [0.3, 0.4) is 0 Å². The van der Waals surface area contributed by atoms with E-state index < -0.39 is 0 Å². The van der Waals surface area contributed by atoms with Crippen molar-refractivity contribution < 1.29 is 19.1 Å². The number of ether oxygens (including phenoxy) is 2. The minimum absolute atomic E-state index is 0.0248. The Morgan fingerprint density at radius 1 is 0.686 bits per heavy atom. The molecule has 284 valence electrons. The van der Waals surface area contributed by atoms with Crippen LogP contribution >= 0.6 is 11.8 Å². The number of rotatable bonds is 12. The summed E-state index contributed by atoms with van der Waals surface area (Å²) in [6.45, 7) is 20.2. The van der Waals surface area contributed by atoms with Gasteiger partial charge in [-0.15, -0.1) is 0 Å². The molecule has 0 saturated heterocycles. The summed E-state index contributed by atoms with van der Waals surface area (Å²) in [5.74, 6) is 4.79. The molecule has 0 bridgehead atoms. The molecule has 0 aromatic heterocycles. The number of thioether (sulfide) groups is 1. The van der Waals surface area contributed by atoms with E-state index in [9.17, 15) is 9.59 Å².